The van der Waals surface area contributed by atoms with Gasteiger partial charge in [0.25, 0.3) is 0 Å². The average Bonchev–Trinajstić information content (AvgIpc) is 3.46. The Hall–Kier alpha value is -4.10. The van der Waals surface area contributed by atoms with Crippen molar-refractivity contribution in [1.29, 1.82) is 0 Å². The molecule has 0 radical (unpaired) electrons. The van der Waals surface area contributed by atoms with Crippen molar-refractivity contribution in [2.45, 2.75) is 314 Å². The summed E-state index contributed by atoms with van der Waals surface area (Å²) in [6.07, 6.45) is 61.1. The van der Waals surface area contributed by atoms with Gasteiger partial charge in [0.2, 0.25) is 0 Å². The number of hydrogen-bond donors (Lipinski definition) is 3. The van der Waals surface area contributed by atoms with E-state index in [1.165, 1.54) is 103 Å². The lowest BCUT2D eigenvalue weighted by Gasteiger charge is -2.40. The number of esters is 3. The molecule has 1 aliphatic rings. The van der Waals surface area contributed by atoms with E-state index in [9.17, 15) is 34.5 Å². The van der Waals surface area contributed by atoms with Crippen LogP contribution >= 0.6 is 0 Å². The SMILES string of the molecule is CC/C=C\C/C=C\C/C=C\C/C=C\C/C=C\CCCCCC(=O)OCC(COC1OC(C(=O)O)C(O)C(O)C1OC(=O)CCCCCCCCCCCCCCC)OC(=O)CCCCCCCCCCC/C=C\C/C=C\CCCCC. The van der Waals surface area contributed by atoms with Crippen LogP contribution in [0.3, 0.4) is 0 Å². The number of aliphatic hydroxyl groups excluding tert-OH is 2. The van der Waals surface area contributed by atoms with Gasteiger partial charge in [0.15, 0.2) is 24.6 Å². The largest absolute Gasteiger partial charge is 0.479 e. The predicted octanol–water partition coefficient (Wildman–Crippen LogP) is 17.5. The third-order valence-electron chi connectivity index (χ3n) is 14.5. The van der Waals surface area contributed by atoms with E-state index in [1.807, 2.05) is 0 Å². The van der Waals surface area contributed by atoms with E-state index < -0.39 is 67.3 Å². The van der Waals surface area contributed by atoms with Crippen LogP contribution < -0.4 is 0 Å². The molecule has 0 aromatic rings. The predicted molar refractivity (Wildman–Crippen MR) is 331 cm³/mol. The van der Waals surface area contributed by atoms with Crippen LogP contribution in [-0.4, -0.2) is 89.2 Å². The summed E-state index contributed by atoms with van der Waals surface area (Å²) >= 11 is 0. The molecule has 0 aromatic heterocycles. The van der Waals surface area contributed by atoms with Crippen LogP contribution in [0.15, 0.2) is 85.1 Å². The Morgan fingerprint density at radius 2 is 0.778 bits per heavy atom. The summed E-state index contributed by atoms with van der Waals surface area (Å²) in [5, 5.41) is 31.6. The molecule has 0 aromatic carbocycles. The summed E-state index contributed by atoms with van der Waals surface area (Å²) in [6, 6.07) is 0. The summed E-state index contributed by atoms with van der Waals surface area (Å²) in [6.45, 7) is 5.84. The van der Waals surface area contributed by atoms with Crippen LogP contribution in [0.4, 0.5) is 0 Å². The summed E-state index contributed by atoms with van der Waals surface area (Å²) in [4.78, 5) is 51.3. The molecule has 3 N–H and O–H groups in total. The zero-order chi connectivity index (χ0) is 58.9. The van der Waals surface area contributed by atoms with Gasteiger partial charge in [-0.3, -0.25) is 14.4 Å². The second-order valence-corrected chi connectivity index (χ2v) is 22.0. The minimum absolute atomic E-state index is 0.0572. The number of rotatable bonds is 55. The van der Waals surface area contributed by atoms with Gasteiger partial charge in [-0.15, -0.1) is 0 Å². The maximum absolute atomic E-state index is 13.2. The summed E-state index contributed by atoms with van der Waals surface area (Å²) in [5.41, 5.74) is 0. The Bertz CT molecular complexity index is 1730. The number of carbonyl (C=O) groups excluding carboxylic acids is 3. The van der Waals surface area contributed by atoms with Gasteiger partial charge >= 0.3 is 23.9 Å². The number of carboxylic acids is 1. The van der Waals surface area contributed by atoms with Crippen LogP contribution in [0.5, 0.6) is 0 Å². The number of hydrogen-bond acceptors (Lipinski definition) is 11. The number of unbranched alkanes of at least 4 members (excludes halogenated alkanes) is 27. The van der Waals surface area contributed by atoms with Crippen molar-refractivity contribution in [3.63, 3.8) is 0 Å². The molecule has 464 valence electrons. The molecule has 0 aliphatic carbocycles. The van der Waals surface area contributed by atoms with Crippen molar-refractivity contribution in [3.05, 3.63) is 85.1 Å². The molecule has 12 nitrogen and oxygen atoms in total. The molecule has 0 saturated carbocycles. The second-order valence-electron chi connectivity index (χ2n) is 22.0. The van der Waals surface area contributed by atoms with Gasteiger partial charge in [0.05, 0.1) is 6.61 Å². The minimum atomic E-state index is -1.91. The fraction of sp³-hybridized carbons (Fsp3) is 0.739. The van der Waals surface area contributed by atoms with E-state index in [2.05, 4.69) is 106 Å². The van der Waals surface area contributed by atoms with Gasteiger partial charge in [-0.1, -0.05) is 247 Å². The first-order valence-electron chi connectivity index (χ1n) is 32.6. The molecule has 81 heavy (non-hydrogen) atoms. The number of aliphatic carboxylic acids is 1. The normalized spacial score (nSPS) is 18.3. The molecule has 1 aliphatic heterocycles. The highest BCUT2D eigenvalue weighted by Gasteiger charge is 2.50. The number of carbonyl (C=O) groups is 4. The van der Waals surface area contributed by atoms with Crippen LogP contribution in [0, 0.1) is 0 Å². The van der Waals surface area contributed by atoms with E-state index >= 15 is 0 Å². The Morgan fingerprint density at radius 1 is 0.420 bits per heavy atom. The van der Waals surface area contributed by atoms with Gasteiger partial charge in [-0.2, -0.15) is 0 Å². The topological polar surface area (TPSA) is 175 Å². The third-order valence-corrected chi connectivity index (χ3v) is 14.5. The zero-order valence-corrected chi connectivity index (χ0v) is 51.3. The average molecular weight is 1140 g/mol. The Morgan fingerprint density at radius 3 is 1.22 bits per heavy atom. The van der Waals surface area contributed by atoms with Gasteiger partial charge in [-0.05, 0) is 96.3 Å². The number of aliphatic hydroxyl groups is 2. The minimum Gasteiger partial charge on any atom is -0.479 e. The molecule has 1 fully saturated rings. The van der Waals surface area contributed by atoms with Crippen LogP contribution in [0.1, 0.15) is 278 Å². The fourth-order valence-electron chi connectivity index (χ4n) is 9.48. The van der Waals surface area contributed by atoms with E-state index in [0.717, 1.165) is 116 Å². The van der Waals surface area contributed by atoms with Crippen LogP contribution in [-0.2, 0) is 42.9 Å². The Balaban J connectivity index is 2.68. The van der Waals surface area contributed by atoms with Crippen molar-refractivity contribution < 1.29 is 58.2 Å². The van der Waals surface area contributed by atoms with Crippen LogP contribution in [0.2, 0.25) is 0 Å². The summed E-state index contributed by atoms with van der Waals surface area (Å²) < 4.78 is 28.5. The van der Waals surface area contributed by atoms with Gasteiger partial charge < -0.3 is 39.0 Å². The van der Waals surface area contributed by atoms with E-state index in [-0.39, 0.29) is 25.9 Å². The lowest BCUT2D eigenvalue weighted by molar-refractivity contribution is -0.301. The molecular formula is C69H116O12. The van der Waals surface area contributed by atoms with Gasteiger partial charge in [0.1, 0.15) is 18.8 Å². The van der Waals surface area contributed by atoms with Gasteiger partial charge in [0, 0.05) is 19.3 Å². The summed E-state index contributed by atoms with van der Waals surface area (Å²) in [5.74, 6) is -3.16. The first kappa shape index (κ1) is 74.9. The maximum Gasteiger partial charge on any atom is 0.335 e. The lowest BCUT2D eigenvalue weighted by atomic mass is 9.98. The molecule has 6 atom stereocenters. The molecule has 0 amide bonds. The van der Waals surface area contributed by atoms with E-state index in [0.29, 0.717) is 19.3 Å². The van der Waals surface area contributed by atoms with Crippen LogP contribution in [0.25, 0.3) is 0 Å². The van der Waals surface area contributed by atoms with Crippen molar-refractivity contribution in [2.75, 3.05) is 13.2 Å². The molecule has 12 heteroatoms. The number of ether oxygens (including phenoxy) is 5. The van der Waals surface area contributed by atoms with Crippen molar-refractivity contribution in [1.82, 2.24) is 0 Å². The highest BCUT2D eigenvalue weighted by atomic mass is 16.7. The third kappa shape index (κ3) is 46.0. The molecular weight excluding hydrogens is 1020 g/mol. The molecule has 0 bridgehead atoms. The van der Waals surface area contributed by atoms with E-state index in [4.69, 9.17) is 23.7 Å². The maximum atomic E-state index is 13.2. The Kier molecular flexibility index (Phi) is 52.1. The lowest BCUT2D eigenvalue weighted by Crippen LogP contribution is -2.61. The quantitative estimate of drug-likeness (QED) is 0.0228. The highest BCUT2D eigenvalue weighted by molar-refractivity contribution is 5.74. The van der Waals surface area contributed by atoms with E-state index in [1.54, 1.807) is 0 Å². The smallest absolute Gasteiger partial charge is 0.335 e. The number of allylic oxidation sites excluding steroid dienone is 14. The summed E-state index contributed by atoms with van der Waals surface area (Å²) in [7, 11) is 0. The van der Waals surface area contributed by atoms with Crippen molar-refractivity contribution in [3.8, 4) is 0 Å². The molecule has 1 heterocycles. The van der Waals surface area contributed by atoms with Crippen molar-refractivity contribution in [2.24, 2.45) is 0 Å². The molecule has 6 unspecified atom stereocenters. The first-order valence-corrected chi connectivity index (χ1v) is 32.6. The monoisotopic (exact) mass is 1140 g/mol. The van der Waals surface area contributed by atoms with Crippen molar-refractivity contribution >= 4 is 23.9 Å². The fourth-order valence-corrected chi connectivity index (χ4v) is 9.48. The number of carboxylic acid groups (broad SMARTS) is 1. The first-order chi connectivity index (χ1) is 39.6. The molecule has 0 spiro atoms. The van der Waals surface area contributed by atoms with Gasteiger partial charge in [-0.25, -0.2) is 4.79 Å². The standard InChI is InChI=1S/C69H116O12/c1-4-7-10-13-16-19-22-25-27-29-31-33-35-38-40-43-46-49-52-55-61(70)77-58-60(79-62(71)56-53-50-47-44-42-39-36-34-32-30-28-26-23-20-17-14-11-8-5-2)59-78-69-67(65(74)64(73)66(81-69)68(75)76)80-63(72)57-54-51-48-45-41-37-24-21-18-15-12-9-6-3/h7,10,16-17,19-20,25-28,31,33,38,40,60,64-67,69,73-74H,4-6,8-9,11-15,18,21-24,29-30,32,34-37,39,41-59H2,1-3H3,(H,75,76)/b10-7-,19-16-,20-17-,27-25-,28-26-,33-31-,40-38-. The second kappa shape index (κ2) is 56.4. The highest BCUT2D eigenvalue weighted by Crippen LogP contribution is 2.27. The zero-order valence-electron chi connectivity index (χ0n) is 51.3. The molecule has 1 rings (SSSR count). The Labute approximate surface area is 492 Å². The molecule has 1 saturated heterocycles.